The second-order valence-corrected chi connectivity index (χ2v) is 6.16. The Morgan fingerprint density at radius 2 is 2.06 bits per heavy atom. The highest BCUT2D eigenvalue weighted by Gasteiger charge is 2.67. The lowest BCUT2D eigenvalue weighted by Gasteiger charge is -2.62. The minimum absolute atomic E-state index is 0.0515. The number of esters is 1. The number of methoxy groups -OCH3 is 2. The van der Waals surface area contributed by atoms with Crippen LogP contribution in [0.15, 0.2) is 0 Å². The van der Waals surface area contributed by atoms with E-state index in [1.54, 1.807) is 0 Å². The average molecular weight is 238 g/mol. The van der Waals surface area contributed by atoms with E-state index in [1.165, 1.54) is 39.2 Å². The second kappa shape index (κ2) is 3.71. The number of rotatable bonds is 4. The first kappa shape index (κ1) is 11.5. The van der Waals surface area contributed by atoms with E-state index < -0.39 is 0 Å². The molecule has 4 atom stereocenters. The van der Waals surface area contributed by atoms with E-state index >= 15 is 0 Å². The molecule has 0 spiro atoms. The van der Waals surface area contributed by atoms with Crippen molar-refractivity contribution in [1.82, 2.24) is 0 Å². The predicted octanol–water partition coefficient (Wildman–Crippen LogP) is 2.53. The summed E-state index contributed by atoms with van der Waals surface area (Å²) in [5.41, 5.74) is 0.662. The monoisotopic (exact) mass is 238 g/mol. The van der Waals surface area contributed by atoms with Crippen molar-refractivity contribution in [3.05, 3.63) is 0 Å². The average Bonchev–Trinajstić information content (AvgIpc) is 2.59. The SMILES string of the molecule is COC(=O)CCC12CCC3(OC)CCC1C3C2. The third kappa shape index (κ3) is 1.41. The normalized spacial score (nSPS) is 46.5. The van der Waals surface area contributed by atoms with Crippen LogP contribution in [0.4, 0.5) is 0 Å². The summed E-state index contributed by atoms with van der Waals surface area (Å²) in [6.45, 7) is 0. The largest absolute Gasteiger partial charge is 0.469 e. The van der Waals surface area contributed by atoms with Gasteiger partial charge in [0, 0.05) is 13.5 Å². The van der Waals surface area contributed by atoms with Gasteiger partial charge in [-0.05, 0) is 55.8 Å². The third-order valence-electron chi connectivity index (χ3n) is 5.96. The van der Waals surface area contributed by atoms with Crippen molar-refractivity contribution in [1.29, 1.82) is 0 Å². The van der Waals surface area contributed by atoms with Crippen molar-refractivity contribution in [2.75, 3.05) is 14.2 Å². The van der Waals surface area contributed by atoms with E-state index in [0.717, 1.165) is 18.3 Å². The van der Waals surface area contributed by atoms with Crippen LogP contribution in [0.2, 0.25) is 0 Å². The van der Waals surface area contributed by atoms with Crippen LogP contribution in [0, 0.1) is 17.3 Å². The van der Waals surface area contributed by atoms with Gasteiger partial charge in [-0.2, -0.15) is 0 Å². The topological polar surface area (TPSA) is 35.5 Å². The molecule has 17 heavy (non-hydrogen) atoms. The molecule has 4 unspecified atom stereocenters. The van der Waals surface area contributed by atoms with Crippen LogP contribution in [-0.4, -0.2) is 25.8 Å². The molecule has 0 aromatic carbocycles. The molecule has 3 aliphatic rings. The van der Waals surface area contributed by atoms with Gasteiger partial charge in [-0.25, -0.2) is 0 Å². The zero-order chi connectivity index (χ0) is 12.1. The Kier molecular flexibility index (Phi) is 2.51. The van der Waals surface area contributed by atoms with Crippen molar-refractivity contribution in [2.24, 2.45) is 17.3 Å². The zero-order valence-electron chi connectivity index (χ0n) is 10.8. The van der Waals surface area contributed by atoms with Crippen molar-refractivity contribution in [3.8, 4) is 0 Å². The molecule has 3 fully saturated rings. The number of ether oxygens (including phenoxy) is 2. The molecule has 3 aliphatic carbocycles. The highest BCUT2D eigenvalue weighted by Crippen LogP contribution is 2.72. The summed E-state index contributed by atoms with van der Waals surface area (Å²) in [6, 6.07) is 0. The molecule has 4 bridgehead atoms. The van der Waals surface area contributed by atoms with Gasteiger partial charge in [0.25, 0.3) is 0 Å². The third-order valence-corrected chi connectivity index (χ3v) is 5.96. The summed E-state index contributed by atoms with van der Waals surface area (Å²) in [6.07, 6.45) is 7.90. The summed E-state index contributed by atoms with van der Waals surface area (Å²) < 4.78 is 10.6. The van der Waals surface area contributed by atoms with Gasteiger partial charge in [-0.15, -0.1) is 0 Å². The Balaban J connectivity index is 1.67. The van der Waals surface area contributed by atoms with Crippen molar-refractivity contribution >= 4 is 5.97 Å². The Hall–Kier alpha value is -0.570. The van der Waals surface area contributed by atoms with Crippen LogP contribution in [0.25, 0.3) is 0 Å². The van der Waals surface area contributed by atoms with E-state index in [-0.39, 0.29) is 11.6 Å². The van der Waals surface area contributed by atoms with Gasteiger partial charge in [0.1, 0.15) is 0 Å². The molecule has 0 N–H and O–H groups in total. The van der Waals surface area contributed by atoms with Gasteiger partial charge in [-0.3, -0.25) is 4.79 Å². The maximum absolute atomic E-state index is 11.3. The Morgan fingerprint density at radius 3 is 2.71 bits per heavy atom. The minimum atomic E-state index is -0.0515. The van der Waals surface area contributed by atoms with Gasteiger partial charge in [-0.1, -0.05) is 0 Å². The van der Waals surface area contributed by atoms with Crippen LogP contribution in [0.3, 0.4) is 0 Å². The van der Waals surface area contributed by atoms with Crippen LogP contribution in [0.5, 0.6) is 0 Å². The van der Waals surface area contributed by atoms with Crippen molar-refractivity contribution in [3.63, 3.8) is 0 Å². The maximum Gasteiger partial charge on any atom is 0.305 e. The lowest BCUT2D eigenvalue weighted by molar-refractivity contribution is -0.189. The summed E-state index contributed by atoms with van der Waals surface area (Å²) in [5.74, 6) is 1.55. The quantitative estimate of drug-likeness (QED) is 0.706. The minimum Gasteiger partial charge on any atom is -0.469 e. The van der Waals surface area contributed by atoms with Gasteiger partial charge in [0.05, 0.1) is 12.7 Å². The Morgan fingerprint density at radius 1 is 1.24 bits per heavy atom. The van der Waals surface area contributed by atoms with E-state index in [1.807, 2.05) is 7.11 Å². The summed E-state index contributed by atoms with van der Waals surface area (Å²) in [5, 5.41) is 0. The van der Waals surface area contributed by atoms with Gasteiger partial charge in [0.15, 0.2) is 0 Å². The fraction of sp³-hybridized carbons (Fsp3) is 0.929. The lowest BCUT2D eigenvalue weighted by Crippen LogP contribution is -2.58. The van der Waals surface area contributed by atoms with E-state index in [9.17, 15) is 4.79 Å². The standard InChI is InChI=1S/C14H22O3/c1-16-12(15)4-5-13-7-8-14(17-2)6-3-10(13)11(14)9-13/h10-11H,3-9H2,1-2H3. The maximum atomic E-state index is 11.3. The molecule has 0 amide bonds. The molecule has 0 saturated heterocycles. The highest BCUT2D eigenvalue weighted by atomic mass is 16.5. The summed E-state index contributed by atoms with van der Waals surface area (Å²) in [4.78, 5) is 11.3. The van der Waals surface area contributed by atoms with E-state index in [0.29, 0.717) is 11.8 Å². The lowest BCUT2D eigenvalue weighted by atomic mass is 9.45. The molecule has 3 heteroatoms. The van der Waals surface area contributed by atoms with Crippen LogP contribution in [-0.2, 0) is 14.3 Å². The zero-order valence-corrected chi connectivity index (χ0v) is 10.8. The number of hydrogen-bond donors (Lipinski definition) is 0. The first-order valence-electron chi connectivity index (χ1n) is 6.78. The second-order valence-electron chi connectivity index (χ2n) is 6.16. The summed E-state index contributed by atoms with van der Waals surface area (Å²) in [7, 11) is 3.36. The summed E-state index contributed by atoms with van der Waals surface area (Å²) >= 11 is 0. The van der Waals surface area contributed by atoms with Gasteiger partial charge < -0.3 is 9.47 Å². The molecule has 0 aromatic heterocycles. The predicted molar refractivity (Wildman–Crippen MR) is 63.5 cm³/mol. The first-order valence-corrected chi connectivity index (χ1v) is 6.78. The van der Waals surface area contributed by atoms with Crippen molar-refractivity contribution < 1.29 is 14.3 Å². The fourth-order valence-electron chi connectivity index (χ4n) is 4.92. The number of carbonyl (C=O) groups excluding carboxylic acids is 1. The van der Waals surface area contributed by atoms with Crippen LogP contribution in [0.1, 0.15) is 44.9 Å². The molecule has 3 nitrogen and oxygen atoms in total. The molecule has 3 saturated carbocycles. The molecule has 3 rings (SSSR count). The Labute approximate surface area is 103 Å². The van der Waals surface area contributed by atoms with Gasteiger partial charge in [0.2, 0.25) is 0 Å². The molecule has 0 heterocycles. The Bertz CT molecular complexity index is 336. The molecular formula is C14H22O3. The fourth-order valence-corrected chi connectivity index (χ4v) is 4.92. The van der Waals surface area contributed by atoms with Crippen LogP contribution < -0.4 is 0 Å². The van der Waals surface area contributed by atoms with Gasteiger partial charge >= 0.3 is 5.97 Å². The van der Waals surface area contributed by atoms with E-state index in [4.69, 9.17) is 9.47 Å². The number of carbonyl (C=O) groups is 1. The number of hydrogen-bond acceptors (Lipinski definition) is 3. The smallest absolute Gasteiger partial charge is 0.305 e. The molecular weight excluding hydrogens is 216 g/mol. The molecule has 0 aliphatic heterocycles. The van der Waals surface area contributed by atoms with Crippen LogP contribution >= 0.6 is 0 Å². The highest BCUT2D eigenvalue weighted by molar-refractivity contribution is 5.69. The molecule has 96 valence electrons. The first-order chi connectivity index (χ1) is 8.16. The van der Waals surface area contributed by atoms with E-state index in [2.05, 4.69) is 0 Å². The molecule has 0 radical (unpaired) electrons. The molecule has 0 aromatic rings. The van der Waals surface area contributed by atoms with Crippen molar-refractivity contribution in [2.45, 2.75) is 50.5 Å².